The second-order valence-electron chi connectivity index (χ2n) is 21.1. The second kappa shape index (κ2) is 47.1. The first-order valence-corrected chi connectivity index (χ1v) is 29.4. The first kappa shape index (κ1) is 65.1. The number of ether oxygens (including phenoxy) is 2. The summed E-state index contributed by atoms with van der Waals surface area (Å²) < 4.78 is 11.1. The third-order valence-corrected chi connectivity index (χ3v) is 14.7. The van der Waals surface area contributed by atoms with Crippen molar-refractivity contribution < 1.29 is 50.0 Å². The fourth-order valence-corrected chi connectivity index (χ4v) is 9.86. The Morgan fingerprint density at radius 1 is 0.456 bits per heavy atom. The van der Waals surface area contributed by atoms with Gasteiger partial charge >= 0.3 is 0 Å². The summed E-state index contributed by atoms with van der Waals surface area (Å²) in [4.78, 5) is 13.1. The molecule has 1 amide bonds. The number of amides is 1. The number of unbranched alkanes of at least 4 members (excludes halogenated alkanes) is 39. The van der Waals surface area contributed by atoms with Gasteiger partial charge in [-0.05, 0) is 12.8 Å². The van der Waals surface area contributed by atoms with E-state index in [0.29, 0.717) is 19.3 Å². The quantitative estimate of drug-likeness (QED) is 0.0272. The molecule has 1 fully saturated rings. The fraction of sp³-hybridized carbons (Fsp3) is 0.982. The van der Waals surface area contributed by atoms with E-state index in [9.17, 15) is 40.5 Å². The van der Waals surface area contributed by atoms with E-state index >= 15 is 0 Å². The monoisotopic (exact) mass is 972 g/mol. The molecule has 0 aromatic heterocycles. The molecule has 1 heterocycles. The lowest BCUT2D eigenvalue weighted by Crippen LogP contribution is -2.60. The lowest BCUT2D eigenvalue weighted by Gasteiger charge is -2.40. The number of nitrogens with one attached hydrogen (secondary N) is 1. The molecule has 9 unspecified atom stereocenters. The number of aliphatic hydroxyl groups excluding tert-OH is 7. The van der Waals surface area contributed by atoms with Gasteiger partial charge in [-0.1, -0.05) is 277 Å². The minimum absolute atomic E-state index is 0.265. The van der Waals surface area contributed by atoms with E-state index < -0.39 is 74.2 Å². The van der Waals surface area contributed by atoms with Crippen molar-refractivity contribution in [2.45, 2.75) is 345 Å². The van der Waals surface area contributed by atoms with E-state index in [4.69, 9.17) is 9.47 Å². The molecular weight excluding hydrogens is 859 g/mol. The highest BCUT2D eigenvalue weighted by Crippen LogP contribution is 2.24. The maximum absolute atomic E-state index is 13.1. The average molecular weight is 973 g/mol. The van der Waals surface area contributed by atoms with Crippen molar-refractivity contribution in [2.75, 3.05) is 13.2 Å². The Balaban J connectivity index is 2.17. The normalized spacial score (nSPS) is 20.4. The Hall–Kier alpha value is -0.890. The molecule has 406 valence electrons. The van der Waals surface area contributed by atoms with Crippen LogP contribution in [-0.2, 0) is 14.3 Å². The Morgan fingerprint density at radius 2 is 0.765 bits per heavy atom. The van der Waals surface area contributed by atoms with Crippen molar-refractivity contribution in [1.82, 2.24) is 5.32 Å². The van der Waals surface area contributed by atoms with E-state index in [2.05, 4.69) is 19.2 Å². The highest BCUT2D eigenvalue weighted by molar-refractivity contribution is 5.80. The molecule has 11 heteroatoms. The molecular formula is C57H113NO10. The SMILES string of the molecule is CCCCCCCCCCCCCCCCCCCCCCCCCCCCCCCCCC(O)C(O)C(COC1OC(CO)C(O)C(O)C1O)NC(=O)C(O)CCCCCCCCCCCC. The van der Waals surface area contributed by atoms with Crippen molar-refractivity contribution in [3.8, 4) is 0 Å². The molecule has 0 aromatic rings. The van der Waals surface area contributed by atoms with E-state index in [0.717, 1.165) is 38.5 Å². The number of carbonyl (C=O) groups excluding carboxylic acids is 1. The highest BCUT2D eigenvalue weighted by Gasteiger charge is 2.44. The van der Waals surface area contributed by atoms with Gasteiger partial charge in [0.2, 0.25) is 5.91 Å². The van der Waals surface area contributed by atoms with Crippen LogP contribution in [0.25, 0.3) is 0 Å². The van der Waals surface area contributed by atoms with Gasteiger partial charge < -0.3 is 50.5 Å². The zero-order valence-electron chi connectivity index (χ0n) is 44.4. The number of hydrogen-bond donors (Lipinski definition) is 8. The van der Waals surface area contributed by atoms with Gasteiger partial charge in [0, 0.05) is 0 Å². The predicted molar refractivity (Wildman–Crippen MR) is 280 cm³/mol. The number of aliphatic hydroxyl groups is 7. The molecule has 0 radical (unpaired) electrons. The van der Waals surface area contributed by atoms with Crippen LogP contribution in [0.2, 0.25) is 0 Å². The van der Waals surface area contributed by atoms with Gasteiger partial charge in [0.1, 0.15) is 36.6 Å². The van der Waals surface area contributed by atoms with Gasteiger partial charge in [-0.25, -0.2) is 0 Å². The zero-order valence-corrected chi connectivity index (χ0v) is 44.4. The molecule has 1 saturated heterocycles. The molecule has 8 N–H and O–H groups in total. The highest BCUT2D eigenvalue weighted by atomic mass is 16.7. The molecule has 1 rings (SSSR count). The number of rotatable bonds is 51. The summed E-state index contributed by atoms with van der Waals surface area (Å²) in [6, 6.07) is -1.16. The molecule has 68 heavy (non-hydrogen) atoms. The Morgan fingerprint density at radius 3 is 1.09 bits per heavy atom. The molecule has 0 aliphatic carbocycles. The molecule has 1 aliphatic rings. The number of hydrogen-bond acceptors (Lipinski definition) is 10. The first-order valence-electron chi connectivity index (χ1n) is 29.4. The van der Waals surface area contributed by atoms with Crippen LogP contribution in [0.5, 0.6) is 0 Å². The van der Waals surface area contributed by atoms with Crippen LogP contribution in [0.4, 0.5) is 0 Å². The maximum Gasteiger partial charge on any atom is 0.249 e. The second-order valence-corrected chi connectivity index (χ2v) is 21.1. The Labute approximate surface area is 418 Å². The van der Waals surface area contributed by atoms with E-state index in [1.165, 1.54) is 212 Å². The summed E-state index contributed by atoms with van der Waals surface area (Å²) in [7, 11) is 0. The van der Waals surface area contributed by atoms with Gasteiger partial charge in [0.15, 0.2) is 6.29 Å². The van der Waals surface area contributed by atoms with Crippen LogP contribution >= 0.6 is 0 Å². The van der Waals surface area contributed by atoms with Gasteiger partial charge in [0.05, 0.1) is 25.4 Å². The van der Waals surface area contributed by atoms with Crippen molar-refractivity contribution in [3.05, 3.63) is 0 Å². The zero-order chi connectivity index (χ0) is 49.7. The van der Waals surface area contributed by atoms with Gasteiger partial charge in [-0.2, -0.15) is 0 Å². The minimum Gasteiger partial charge on any atom is -0.394 e. The van der Waals surface area contributed by atoms with Crippen molar-refractivity contribution >= 4 is 5.91 Å². The largest absolute Gasteiger partial charge is 0.394 e. The van der Waals surface area contributed by atoms with Crippen LogP contribution in [-0.4, -0.2) is 110 Å². The van der Waals surface area contributed by atoms with Crippen LogP contribution in [0.15, 0.2) is 0 Å². The van der Waals surface area contributed by atoms with Crippen molar-refractivity contribution in [1.29, 1.82) is 0 Å². The summed E-state index contributed by atoms with van der Waals surface area (Å²) in [6.45, 7) is 3.46. The summed E-state index contributed by atoms with van der Waals surface area (Å²) in [6.07, 6.45) is 41.9. The average Bonchev–Trinajstić information content (AvgIpc) is 3.34. The summed E-state index contributed by atoms with van der Waals surface area (Å²) in [5.41, 5.74) is 0. The Kier molecular flexibility index (Phi) is 45.1. The molecule has 0 spiro atoms. The third-order valence-electron chi connectivity index (χ3n) is 14.7. The van der Waals surface area contributed by atoms with Gasteiger partial charge in [0.25, 0.3) is 0 Å². The van der Waals surface area contributed by atoms with Crippen LogP contribution in [0.1, 0.15) is 290 Å². The minimum atomic E-state index is -1.66. The fourth-order valence-electron chi connectivity index (χ4n) is 9.86. The smallest absolute Gasteiger partial charge is 0.249 e. The van der Waals surface area contributed by atoms with Gasteiger partial charge in [-0.3, -0.25) is 4.79 Å². The lowest BCUT2D eigenvalue weighted by molar-refractivity contribution is -0.303. The maximum atomic E-state index is 13.1. The summed E-state index contributed by atoms with van der Waals surface area (Å²) >= 11 is 0. The molecule has 0 bridgehead atoms. The van der Waals surface area contributed by atoms with Crippen molar-refractivity contribution in [3.63, 3.8) is 0 Å². The molecule has 0 saturated carbocycles. The topological polar surface area (TPSA) is 189 Å². The van der Waals surface area contributed by atoms with Crippen LogP contribution in [0.3, 0.4) is 0 Å². The van der Waals surface area contributed by atoms with Crippen LogP contribution < -0.4 is 5.32 Å². The molecule has 11 nitrogen and oxygen atoms in total. The van der Waals surface area contributed by atoms with Crippen LogP contribution in [0, 0.1) is 0 Å². The lowest BCUT2D eigenvalue weighted by atomic mass is 9.98. The first-order chi connectivity index (χ1) is 33.2. The number of carbonyl (C=O) groups is 1. The molecule has 1 aliphatic heterocycles. The molecule has 0 aromatic carbocycles. The molecule has 9 atom stereocenters. The van der Waals surface area contributed by atoms with Crippen molar-refractivity contribution in [2.24, 2.45) is 0 Å². The third kappa shape index (κ3) is 35.3. The standard InChI is InChI=1S/C57H113NO10/c1-3-5-7-9-11-13-15-16-17-18-19-20-21-22-23-24-25-26-27-28-29-30-31-32-33-34-35-37-38-40-42-44-49(60)52(62)48(47-67-57-55(65)54(64)53(63)51(46-59)68-57)58-56(66)50(61)45-43-41-39-36-14-12-10-8-6-4-2/h48-55,57,59-65H,3-47H2,1-2H3,(H,58,66). The predicted octanol–water partition coefficient (Wildman–Crippen LogP) is 12.2. The Bertz CT molecular complexity index is 1070. The van der Waals surface area contributed by atoms with E-state index in [1.807, 2.05) is 0 Å². The van der Waals surface area contributed by atoms with E-state index in [1.54, 1.807) is 0 Å². The van der Waals surface area contributed by atoms with Gasteiger partial charge in [-0.15, -0.1) is 0 Å². The summed E-state index contributed by atoms with van der Waals surface area (Å²) in [5, 5.41) is 75.9. The summed E-state index contributed by atoms with van der Waals surface area (Å²) in [5.74, 6) is -0.694. The van der Waals surface area contributed by atoms with E-state index in [-0.39, 0.29) is 6.42 Å².